The van der Waals surface area contributed by atoms with Crippen molar-refractivity contribution in [2.24, 2.45) is 10.7 Å². The Balaban J connectivity index is 1.95. The number of carbonyl (C=O) groups excluding carboxylic acids is 1. The minimum absolute atomic E-state index is 0.0293. The molecule has 0 radical (unpaired) electrons. The van der Waals surface area contributed by atoms with E-state index >= 15 is 0 Å². The minimum Gasteiger partial charge on any atom is -0.483 e. The van der Waals surface area contributed by atoms with Crippen LogP contribution in [0.2, 0.25) is 0 Å². The van der Waals surface area contributed by atoms with E-state index < -0.39 is 15.9 Å². The average Bonchev–Trinajstić information content (AvgIpc) is 3.53. The van der Waals surface area contributed by atoms with Crippen molar-refractivity contribution in [2.75, 3.05) is 47.3 Å². The summed E-state index contributed by atoms with van der Waals surface area (Å²) in [6.07, 6.45) is 5.00. The second-order valence-electron chi connectivity index (χ2n) is 8.73. The first-order valence-electron chi connectivity index (χ1n) is 12.0. The van der Waals surface area contributed by atoms with Gasteiger partial charge in [-0.1, -0.05) is 18.3 Å². The number of nitrogens with one attached hydrogen (secondary N) is 2. The van der Waals surface area contributed by atoms with Crippen molar-refractivity contribution in [1.29, 1.82) is 0 Å². The zero-order valence-corrected chi connectivity index (χ0v) is 24.0. The molecule has 4 N–H and O–H groups in total. The molecule has 0 saturated heterocycles. The number of aromatic nitrogens is 1. The summed E-state index contributed by atoms with van der Waals surface area (Å²) in [5.41, 5.74) is 7.23. The van der Waals surface area contributed by atoms with Gasteiger partial charge in [0.05, 0.1) is 35.9 Å². The second-order valence-corrected chi connectivity index (χ2v) is 12.1. The molecule has 0 saturated carbocycles. The zero-order chi connectivity index (χ0) is 28.6. The molecule has 1 amide bonds. The first kappa shape index (κ1) is 30.3. The molecule has 2 heterocycles. The van der Waals surface area contributed by atoms with E-state index in [2.05, 4.69) is 21.9 Å². The van der Waals surface area contributed by atoms with Crippen LogP contribution in [-0.4, -0.2) is 83.0 Å². The number of nitrogens with two attached hydrogens (primary N) is 1. The topological polar surface area (TPSA) is 154 Å². The van der Waals surface area contributed by atoms with E-state index in [4.69, 9.17) is 24.7 Å². The lowest BCUT2D eigenvalue weighted by Crippen LogP contribution is -2.27. The fourth-order valence-corrected chi connectivity index (χ4v) is 5.06. The number of aromatic amines is 1. The standard InChI is InChI=1S/C26H34N4O7S2/c1-16(39(5,32)33)6-7-18(12-27)36-19-8-17-9-22(26-29-13-21(38-26)11-24(31)28-2)30-25(17)23(10-19)37-20(14-34-3)15-35-4/h6-10,12,20-21,30H,1,11,13-15,27H2,2-5H3,(H,28,31)/b7-6-,18-12+. The summed E-state index contributed by atoms with van der Waals surface area (Å²) in [5.74, 6) is 1.07. The number of sulfone groups is 1. The number of ether oxygens (including phenoxy) is 4. The van der Waals surface area contributed by atoms with Crippen LogP contribution in [0.3, 0.4) is 0 Å². The number of aliphatic imine (C=N–C) groups is 1. The number of allylic oxidation sites excluding steroid dienone is 2. The van der Waals surface area contributed by atoms with E-state index in [1.54, 1.807) is 45.2 Å². The summed E-state index contributed by atoms with van der Waals surface area (Å²) >= 11 is 1.54. The molecular weight excluding hydrogens is 544 g/mol. The van der Waals surface area contributed by atoms with Crippen molar-refractivity contribution in [3.05, 3.63) is 59.5 Å². The third-order valence-corrected chi connectivity index (χ3v) is 7.92. The molecule has 0 bridgehead atoms. The molecule has 13 heteroatoms. The molecule has 1 atom stereocenters. The van der Waals surface area contributed by atoms with Crippen LogP contribution in [0, 0.1) is 0 Å². The highest BCUT2D eigenvalue weighted by atomic mass is 32.2. The summed E-state index contributed by atoms with van der Waals surface area (Å²) in [5, 5.41) is 4.28. The highest BCUT2D eigenvalue weighted by molar-refractivity contribution is 8.15. The zero-order valence-electron chi connectivity index (χ0n) is 22.4. The molecule has 2 aromatic rings. The number of amides is 1. The monoisotopic (exact) mass is 578 g/mol. The summed E-state index contributed by atoms with van der Waals surface area (Å²) < 4.78 is 46.1. The highest BCUT2D eigenvalue weighted by Gasteiger charge is 2.25. The Morgan fingerprint density at radius 2 is 2.00 bits per heavy atom. The van der Waals surface area contributed by atoms with Crippen LogP contribution < -0.4 is 20.5 Å². The quantitative estimate of drug-likeness (QED) is 0.227. The number of methoxy groups -OCH3 is 2. The van der Waals surface area contributed by atoms with Crippen molar-refractivity contribution in [1.82, 2.24) is 10.3 Å². The SMILES string of the molecule is C=C(/C=C\C(=C/N)Oc1cc(OC(COC)COC)c2[nH]c(C3=NCC(CC(=O)NC)S3)cc2c1)S(C)(=O)=O. The Hall–Kier alpha value is -3.26. The Morgan fingerprint density at radius 3 is 2.62 bits per heavy atom. The lowest BCUT2D eigenvalue weighted by molar-refractivity contribution is -0.120. The molecule has 1 aliphatic heterocycles. The lowest BCUT2D eigenvalue weighted by Gasteiger charge is -2.19. The van der Waals surface area contributed by atoms with Gasteiger partial charge < -0.3 is 35.0 Å². The van der Waals surface area contributed by atoms with Gasteiger partial charge in [0.1, 0.15) is 28.4 Å². The largest absolute Gasteiger partial charge is 0.483 e. The smallest absolute Gasteiger partial charge is 0.220 e. The van der Waals surface area contributed by atoms with Gasteiger partial charge in [0.25, 0.3) is 0 Å². The maximum Gasteiger partial charge on any atom is 0.220 e. The van der Waals surface area contributed by atoms with E-state index in [0.29, 0.717) is 43.2 Å². The Morgan fingerprint density at radius 1 is 1.28 bits per heavy atom. The van der Waals surface area contributed by atoms with Crippen LogP contribution in [-0.2, 0) is 24.1 Å². The van der Waals surface area contributed by atoms with Crippen molar-refractivity contribution in [2.45, 2.75) is 17.8 Å². The summed E-state index contributed by atoms with van der Waals surface area (Å²) in [6.45, 7) is 4.68. The van der Waals surface area contributed by atoms with Gasteiger partial charge >= 0.3 is 0 Å². The van der Waals surface area contributed by atoms with Gasteiger partial charge in [0, 0.05) is 56.8 Å². The third kappa shape index (κ3) is 8.36. The van der Waals surface area contributed by atoms with Gasteiger partial charge in [0.15, 0.2) is 9.84 Å². The van der Waals surface area contributed by atoms with E-state index in [0.717, 1.165) is 22.4 Å². The van der Waals surface area contributed by atoms with Crippen LogP contribution in [0.15, 0.2) is 58.8 Å². The number of rotatable bonds is 14. The second kappa shape index (κ2) is 13.7. The van der Waals surface area contributed by atoms with Gasteiger partial charge in [0.2, 0.25) is 5.91 Å². The lowest BCUT2D eigenvalue weighted by atomic mass is 10.2. The predicted molar refractivity (Wildman–Crippen MR) is 154 cm³/mol. The van der Waals surface area contributed by atoms with Crippen molar-refractivity contribution in [3.8, 4) is 11.5 Å². The van der Waals surface area contributed by atoms with Crippen LogP contribution in [0.1, 0.15) is 12.1 Å². The van der Waals surface area contributed by atoms with E-state index in [-0.39, 0.29) is 21.8 Å². The molecule has 212 valence electrons. The normalized spacial score (nSPS) is 16.2. The minimum atomic E-state index is -3.45. The highest BCUT2D eigenvalue weighted by Crippen LogP contribution is 2.36. The van der Waals surface area contributed by atoms with Gasteiger partial charge in [-0.15, -0.1) is 0 Å². The van der Waals surface area contributed by atoms with Crippen LogP contribution in [0.4, 0.5) is 0 Å². The van der Waals surface area contributed by atoms with Crippen LogP contribution in [0.25, 0.3) is 10.9 Å². The van der Waals surface area contributed by atoms with E-state index in [1.165, 1.54) is 18.4 Å². The number of hydrogen-bond acceptors (Lipinski definition) is 10. The number of benzene rings is 1. The Labute approximate surface area is 232 Å². The van der Waals surface area contributed by atoms with Crippen molar-refractivity contribution >= 4 is 43.5 Å². The van der Waals surface area contributed by atoms with Crippen LogP contribution in [0.5, 0.6) is 11.5 Å². The van der Waals surface area contributed by atoms with Gasteiger partial charge in [-0.25, -0.2) is 8.42 Å². The number of fused-ring (bicyclic) bond motifs is 1. The van der Waals surface area contributed by atoms with Gasteiger partial charge in [-0.3, -0.25) is 9.79 Å². The fourth-order valence-electron chi connectivity index (χ4n) is 3.66. The number of hydrogen-bond donors (Lipinski definition) is 3. The number of H-pyrrole nitrogens is 1. The predicted octanol–water partition coefficient (Wildman–Crippen LogP) is 2.50. The molecule has 3 rings (SSSR count). The van der Waals surface area contributed by atoms with E-state index in [1.807, 2.05) is 6.07 Å². The molecule has 1 unspecified atom stereocenters. The summed E-state index contributed by atoms with van der Waals surface area (Å²) in [6, 6.07) is 5.42. The number of thioether (sulfide) groups is 1. The first-order chi connectivity index (χ1) is 18.6. The summed E-state index contributed by atoms with van der Waals surface area (Å²) in [7, 11) is 1.33. The third-order valence-electron chi connectivity index (χ3n) is 5.61. The molecular formula is C26H34N4O7S2. The Bertz CT molecular complexity index is 1390. The number of carbonyl (C=O) groups is 1. The molecule has 1 aliphatic rings. The molecule has 0 spiro atoms. The van der Waals surface area contributed by atoms with Crippen molar-refractivity contribution < 1.29 is 32.2 Å². The van der Waals surface area contributed by atoms with E-state index in [9.17, 15) is 13.2 Å². The maximum absolute atomic E-state index is 11.8. The Kier molecular flexibility index (Phi) is 10.6. The number of nitrogens with zero attached hydrogens (tertiary/aromatic N) is 1. The van der Waals surface area contributed by atoms with Gasteiger partial charge in [-0.05, 0) is 24.3 Å². The molecule has 0 fully saturated rings. The fraction of sp³-hybridized carbons (Fsp3) is 0.385. The molecule has 1 aromatic carbocycles. The molecule has 0 aliphatic carbocycles. The van der Waals surface area contributed by atoms with Crippen molar-refractivity contribution in [3.63, 3.8) is 0 Å². The summed E-state index contributed by atoms with van der Waals surface area (Å²) in [4.78, 5) is 19.7. The maximum atomic E-state index is 11.8. The molecule has 39 heavy (non-hydrogen) atoms. The molecule has 1 aromatic heterocycles. The van der Waals surface area contributed by atoms with Crippen LogP contribution >= 0.6 is 11.8 Å². The average molecular weight is 579 g/mol. The van der Waals surface area contributed by atoms with Gasteiger partial charge in [-0.2, -0.15) is 0 Å². The first-order valence-corrected chi connectivity index (χ1v) is 14.7. The molecule has 11 nitrogen and oxygen atoms in total.